The van der Waals surface area contributed by atoms with E-state index in [0.717, 1.165) is 10.4 Å². The molecule has 1 aromatic carbocycles. The molecule has 110 valence electrons. The number of ether oxygens (including phenoxy) is 3. The topological polar surface area (TPSA) is 53.7 Å². The van der Waals surface area contributed by atoms with Crippen molar-refractivity contribution in [2.75, 3.05) is 21.3 Å². The van der Waals surface area contributed by atoms with E-state index >= 15 is 0 Å². The second kappa shape index (κ2) is 7.38. The molecule has 1 aromatic heterocycles. The Labute approximate surface area is 128 Å². The Balaban J connectivity index is 0.00000200. The van der Waals surface area contributed by atoms with Crippen molar-refractivity contribution in [1.29, 1.82) is 0 Å². The largest absolute Gasteiger partial charge is 0.496 e. The van der Waals surface area contributed by atoms with Crippen molar-refractivity contribution in [2.45, 2.75) is 6.04 Å². The summed E-state index contributed by atoms with van der Waals surface area (Å²) < 4.78 is 16.0. The first-order chi connectivity index (χ1) is 9.21. The molecule has 0 aliphatic heterocycles. The molecule has 2 aromatic rings. The molecular formula is C14H18ClNO3S. The van der Waals surface area contributed by atoms with Crippen LogP contribution in [0.4, 0.5) is 0 Å². The summed E-state index contributed by atoms with van der Waals surface area (Å²) in [5.41, 5.74) is 7.16. The van der Waals surface area contributed by atoms with Crippen molar-refractivity contribution in [2.24, 2.45) is 5.73 Å². The number of halogens is 1. The highest BCUT2D eigenvalue weighted by atomic mass is 35.5. The van der Waals surface area contributed by atoms with E-state index in [0.29, 0.717) is 17.2 Å². The average molecular weight is 316 g/mol. The minimum Gasteiger partial charge on any atom is -0.496 e. The third kappa shape index (κ3) is 3.17. The van der Waals surface area contributed by atoms with Crippen molar-refractivity contribution < 1.29 is 14.2 Å². The van der Waals surface area contributed by atoms with Gasteiger partial charge in [-0.15, -0.1) is 23.7 Å². The second-order valence-electron chi connectivity index (χ2n) is 3.94. The van der Waals surface area contributed by atoms with Crippen molar-refractivity contribution in [1.82, 2.24) is 0 Å². The normalized spacial score (nSPS) is 11.4. The molecule has 20 heavy (non-hydrogen) atoms. The third-order valence-corrected chi connectivity index (χ3v) is 3.88. The zero-order valence-electron chi connectivity index (χ0n) is 11.6. The van der Waals surface area contributed by atoms with Crippen LogP contribution >= 0.6 is 23.7 Å². The van der Waals surface area contributed by atoms with Gasteiger partial charge < -0.3 is 19.9 Å². The fourth-order valence-corrected chi connectivity index (χ4v) is 2.66. The highest BCUT2D eigenvalue weighted by molar-refractivity contribution is 7.10. The molecule has 0 amide bonds. The molecular weight excluding hydrogens is 298 g/mol. The van der Waals surface area contributed by atoms with Crippen LogP contribution in [-0.4, -0.2) is 21.3 Å². The van der Waals surface area contributed by atoms with Crippen molar-refractivity contribution in [3.63, 3.8) is 0 Å². The first kappa shape index (κ1) is 16.6. The van der Waals surface area contributed by atoms with Crippen LogP contribution in [0.1, 0.15) is 16.5 Å². The summed E-state index contributed by atoms with van der Waals surface area (Å²) in [6, 6.07) is 7.40. The van der Waals surface area contributed by atoms with E-state index < -0.39 is 0 Å². The molecule has 4 nitrogen and oxygen atoms in total. The summed E-state index contributed by atoms with van der Waals surface area (Å²) in [6.45, 7) is 0. The van der Waals surface area contributed by atoms with Gasteiger partial charge >= 0.3 is 0 Å². The Kier molecular flexibility index (Phi) is 6.13. The number of thiophene rings is 1. The van der Waals surface area contributed by atoms with Crippen molar-refractivity contribution in [3.05, 3.63) is 40.1 Å². The van der Waals surface area contributed by atoms with Gasteiger partial charge in [-0.2, -0.15) is 0 Å². The smallest absolute Gasteiger partial charge is 0.164 e. The molecule has 0 aliphatic carbocycles. The SMILES string of the molecule is COc1cc(OC)c([C@H](N)c2cccs2)cc1OC.Cl. The Morgan fingerprint density at radius 2 is 1.60 bits per heavy atom. The molecule has 0 saturated heterocycles. The molecule has 0 spiro atoms. The van der Waals surface area contributed by atoms with Crippen molar-refractivity contribution in [3.8, 4) is 17.2 Å². The summed E-state index contributed by atoms with van der Waals surface area (Å²) in [6.07, 6.45) is 0. The van der Waals surface area contributed by atoms with E-state index in [-0.39, 0.29) is 18.4 Å². The number of nitrogens with two attached hydrogens (primary N) is 1. The van der Waals surface area contributed by atoms with E-state index in [4.69, 9.17) is 19.9 Å². The summed E-state index contributed by atoms with van der Waals surface area (Å²) in [4.78, 5) is 1.07. The minimum absolute atomic E-state index is 0. The number of rotatable bonds is 5. The lowest BCUT2D eigenvalue weighted by Crippen LogP contribution is -2.12. The second-order valence-corrected chi connectivity index (χ2v) is 4.92. The summed E-state index contributed by atoms with van der Waals surface area (Å²) in [5, 5.41) is 2.00. The Hall–Kier alpha value is -1.43. The zero-order chi connectivity index (χ0) is 13.8. The van der Waals surface area contributed by atoms with Gasteiger partial charge in [0.15, 0.2) is 11.5 Å². The average Bonchev–Trinajstić information content (AvgIpc) is 2.99. The fraction of sp³-hybridized carbons (Fsp3) is 0.286. The van der Waals surface area contributed by atoms with Crippen molar-refractivity contribution >= 4 is 23.7 Å². The molecule has 0 radical (unpaired) electrons. The monoisotopic (exact) mass is 315 g/mol. The van der Waals surface area contributed by atoms with Gasteiger partial charge in [0.2, 0.25) is 0 Å². The molecule has 0 aliphatic rings. The van der Waals surface area contributed by atoms with Crippen LogP contribution < -0.4 is 19.9 Å². The van der Waals surface area contributed by atoms with Gasteiger partial charge in [0.05, 0.1) is 27.4 Å². The summed E-state index contributed by atoms with van der Waals surface area (Å²) in [5.74, 6) is 1.96. The number of benzene rings is 1. The third-order valence-electron chi connectivity index (χ3n) is 2.92. The summed E-state index contributed by atoms with van der Waals surface area (Å²) >= 11 is 1.62. The van der Waals surface area contributed by atoms with E-state index in [1.807, 2.05) is 23.6 Å². The van der Waals surface area contributed by atoms with Gasteiger partial charge in [-0.1, -0.05) is 6.07 Å². The quantitative estimate of drug-likeness (QED) is 0.920. The molecule has 0 bridgehead atoms. The lowest BCUT2D eigenvalue weighted by Gasteiger charge is -2.17. The van der Waals surface area contributed by atoms with E-state index in [1.54, 1.807) is 38.7 Å². The Bertz CT molecular complexity index is 546. The lowest BCUT2D eigenvalue weighted by atomic mass is 10.0. The van der Waals surface area contributed by atoms with E-state index in [1.165, 1.54) is 0 Å². The molecule has 0 fully saturated rings. The molecule has 0 saturated carbocycles. The number of hydrogen-bond acceptors (Lipinski definition) is 5. The van der Waals surface area contributed by atoms with Crippen LogP contribution in [0.25, 0.3) is 0 Å². The van der Waals surface area contributed by atoms with E-state index in [9.17, 15) is 0 Å². The highest BCUT2D eigenvalue weighted by Gasteiger charge is 2.19. The molecule has 2 rings (SSSR count). The Morgan fingerprint density at radius 3 is 2.10 bits per heavy atom. The lowest BCUT2D eigenvalue weighted by molar-refractivity contribution is 0.347. The van der Waals surface area contributed by atoms with Crippen LogP contribution in [0.3, 0.4) is 0 Å². The zero-order valence-corrected chi connectivity index (χ0v) is 13.2. The maximum absolute atomic E-state index is 6.29. The van der Waals surface area contributed by atoms with Crippen LogP contribution in [0.2, 0.25) is 0 Å². The van der Waals surface area contributed by atoms with Crippen LogP contribution in [0, 0.1) is 0 Å². The van der Waals surface area contributed by atoms with Crippen LogP contribution in [0.15, 0.2) is 29.6 Å². The van der Waals surface area contributed by atoms with Gasteiger partial charge in [-0.25, -0.2) is 0 Å². The van der Waals surface area contributed by atoms with Gasteiger partial charge in [-0.05, 0) is 17.5 Å². The molecule has 1 heterocycles. The number of methoxy groups -OCH3 is 3. The maximum atomic E-state index is 6.29. The summed E-state index contributed by atoms with van der Waals surface area (Å²) in [7, 11) is 4.81. The molecule has 0 unspecified atom stereocenters. The molecule has 2 N–H and O–H groups in total. The standard InChI is InChI=1S/C14H17NO3S.ClH/c1-16-10-8-12(18-3)11(17-2)7-9(10)14(15)13-5-4-6-19-13;/h4-8,14H,15H2,1-3H3;1H/t14-;/m0./s1. The molecule has 1 atom stereocenters. The highest BCUT2D eigenvalue weighted by Crippen LogP contribution is 2.39. The first-order valence-electron chi connectivity index (χ1n) is 5.80. The van der Waals surface area contributed by atoms with Gasteiger partial charge in [0.1, 0.15) is 5.75 Å². The minimum atomic E-state index is -0.241. The van der Waals surface area contributed by atoms with Crippen LogP contribution in [0.5, 0.6) is 17.2 Å². The Morgan fingerprint density at radius 1 is 1.00 bits per heavy atom. The van der Waals surface area contributed by atoms with Crippen LogP contribution in [-0.2, 0) is 0 Å². The van der Waals surface area contributed by atoms with Gasteiger partial charge in [-0.3, -0.25) is 0 Å². The fourth-order valence-electron chi connectivity index (χ4n) is 1.92. The maximum Gasteiger partial charge on any atom is 0.164 e. The van der Waals surface area contributed by atoms with Gasteiger partial charge in [0, 0.05) is 16.5 Å². The van der Waals surface area contributed by atoms with E-state index in [2.05, 4.69) is 0 Å². The predicted octanol–water partition coefficient (Wildman–Crippen LogP) is 3.24. The molecule has 6 heteroatoms. The first-order valence-corrected chi connectivity index (χ1v) is 6.68. The number of hydrogen-bond donors (Lipinski definition) is 1. The van der Waals surface area contributed by atoms with Gasteiger partial charge in [0.25, 0.3) is 0 Å². The predicted molar refractivity (Wildman–Crippen MR) is 83.7 cm³/mol.